The number of aliphatic hydroxyl groups is 1. The minimum Gasteiger partial charge on any atom is -0.400 e. The van der Waals surface area contributed by atoms with Gasteiger partial charge in [-0.2, -0.15) is 0 Å². The molecular formula is C24H31N5O2. The van der Waals surface area contributed by atoms with Crippen molar-refractivity contribution in [2.75, 3.05) is 38.2 Å². The second-order valence-electron chi connectivity index (χ2n) is 8.23. The molecule has 31 heavy (non-hydrogen) atoms. The highest BCUT2D eigenvalue weighted by atomic mass is 16.2. The molecule has 1 aromatic carbocycles. The Kier molecular flexibility index (Phi) is 6.63. The van der Waals surface area contributed by atoms with Gasteiger partial charge >= 0.3 is 0 Å². The third-order valence-electron chi connectivity index (χ3n) is 6.31. The first kappa shape index (κ1) is 21.5. The van der Waals surface area contributed by atoms with Crippen LogP contribution in [0.5, 0.6) is 0 Å². The van der Waals surface area contributed by atoms with E-state index in [1.165, 1.54) is 23.0 Å². The van der Waals surface area contributed by atoms with Crippen LogP contribution in [0, 0.1) is 0 Å². The fourth-order valence-corrected chi connectivity index (χ4v) is 4.59. The number of rotatable bonds is 3. The van der Waals surface area contributed by atoms with Crippen LogP contribution in [0.25, 0.3) is 22.2 Å². The molecule has 0 spiro atoms. The quantitative estimate of drug-likeness (QED) is 0.677. The molecule has 0 amide bonds. The van der Waals surface area contributed by atoms with Gasteiger partial charge in [0, 0.05) is 32.8 Å². The topological polar surface area (TPSA) is 83.3 Å². The van der Waals surface area contributed by atoms with E-state index in [9.17, 15) is 4.79 Å². The molecule has 0 atom stereocenters. The first-order valence-electron chi connectivity index (χ1n) is 11.1. The van der Waals surface area contributed by atoms with E-state index in [0.29, 0.717) is 11.3 Å². The third-order valence-corrected chi connectivity index (χ3v) is 6.31. The highest BCUT2D eigenvalue weighted by Crippen LogP contribution is 2.31. The predicted octanol–water partition coefficient (Wildman–Crippen LogP) is 2.67. The average Bonchev–Trinajstić information content (AvgIpc) is 3.38. The van der Waals surface area contributed by atoms with Crippen molar-refractivity contribution in [3.8, 4) is 11.3 Å². The van der Waals surface area contributed by atoms with Crippen LogP contribution in [0.15, 0.2) is 41.5 Å². The minimum atomic E-state index is -0.0304. The molecule has 164 valence electrons. The lowest BCUT2D eigenvalue weighted by Crippen LogP contribution is -2.26. The van der Waals surface area contributed by atoms with E-state index in [1.54, 1.807) is 13.4 Å². The van der Waals surface area contributed by atoms with Crippen LogP contribution in [0.1, 0.15) is 37.2 Å². The summed E-state index contributed by atoms with van der Waals surface area (Å²) in [4.78, 5) is 24.6. The van der Waals surface area contributed by atoms with E-state index >= 15 is 0 Å². The first-order valence-corrected chi connectivity index (χ1v) is 11.1. The number of piperidine rings is 1. The molecule has 2 aliphatic heterocycles. The molecule has 5 rings (SSSR count). The minimum absolute atomic E-state index is 0.0304. The molecule has 4 heterocycles. The fourth-order valence-electron chi connectivity index (χ4n) is 4.59. The number of aliphatic hydroxyl groups excluding tert-OH is 1. The number of nitrogens with zero attached hydrogens (tertiary/aromatic N) is 4. The average molecular weight is 422 g/mol. The molecule has 7 heteroatoms. The maximum atomic E-state index is 12.8. The van der Waals surface area contributed by atoms with E-state index in [1.807, 2.05) is 6.07 Å². The van der Waals surface area contributed by atoms with E-state index in [0.717, 1.165) is 68.7 Å². The van der Waals surface area contributed by atoms with Crippen LogP contribution in [-0.2, 0) is 7.05 Å². The molecule has 3 aromatic rings. The van der Waals surface area contributed by atoms with Crippen LogP contribution in [0.4, 0.5) is 5.82 Å². The van der Waals surface area contributed by atoms with Crippen LogP contribution in [0.2, 0.25) is 0 Å². The first-order chi connectivity index (χ1) is 15.2. The van der Waals surface area contributed by atoms with Gasteiger partial charge in [0.1, 0.15) is 11.2 Å². The number of pyridine rings is 1. The summed E-state index contributed by atoms with van der Waals surface area (Å²) in [5, 5.41) is 11.1. The van der Waals surface area contributed by atoms with Gasteiger partial charge in [-0.05, 0) is 56.3 Å². The van der Waals surface area contributed by atoms with E-state index in [4.69, 9.17) is 10.1 Å². The Morgan fingerprint density at radius 2 is 1.74 bits per heavy atom. The van der Waals surface area contributed by atoms with Crippen LogP contribution >= 0.6 is 0 Å². The summed E-state index contributed by atoms with van der Waals surface area (Å²) in [5.74, 6) is 1.42. The third kappa shape index (κ3) is 4.34. The Labute approximate surface area is 182 Å². The van der Waals surface area contributed by atoms with E-state index in [2.05, 4.69) is 39.5 Å². The Hall–Kier alpha value is -2.77. The largest absolute Gasteiger partial charge is 0.400 e. The summed E-state index contributed by atoms with van der Waals surface area (Å²) >= 11 is 0. The Morgan fingerprint density at radius 3 is 2.42 bits per heavy atom. The van der Waals surface area contributed by atoms with Gasteiger partial charge in [0.2, 0.25) is 0 Å². The lowest BCUT2D eigenvalue weighted by atomic mass is 9.89. The molecule has 0 unspecified atom stereocenters. The van der Waals surface area contributed by atoms with Gasteiger partial charge in [0.15, 0.2) is 0 Å². The van der Waals surface area contributed by atoms with Gasteiger partial charge in [0.25, 0.3) is 5.56 Å². The number of nitrogens with one attached hydrogen (secondary N) is 1. The smallest absolute Gasteiger partial charge is 0.264 e. The molecule has 0 radical (unpaired) electrons. The fraction of sp³-hybridized carbons (Fsp3) is 0.458. The Bertz CT molecular complexity index is 1080. The highest BCUT2D eigenvalue weighted by molar-refractivity contribution is 5.91. The van der Waals surface area contributed by atoms with Crippen molar-refractivity contribution >= 4 is 16.7 Å². The summed E-state index contributed by atoms with van der Waals surface area (Å²) in [6, 6.07) is 10.8. The number of hydrogen-bond donors (Lipinski definition) is 2. The lowest BCUT2D eigenvalue weighted by molar-refractivity contribution is 0.399. The van der Waals surface area contributed by atoms with Crippen molar-refractivity contribution < 1.29 is 5.11 Å². The Morgan fingerprint density at radius 1 is 1.06 bits per heavy atom. The van der Waals surface area contributed by atoms with E-state index < -0.39 is 0 Å². The number of aromatic nitrogens is 3. The predicted molar refractivity (Wildman–Crippen MR) is 125 cm³/mol. The lowest BCUT2D eigenvalue weighted by Gasteiger charge is -2.23. The summed E-state index contributed by atoms with van der Waals surface area (Å²) in [6.45, 7) is 4.08. The molecule has 2 fully saturated rings. The summed E-state index contributed by atoms with van der Waals surface area (Å²) in [5.41, 5.74) is 4.06. The number of fused-ring (bicyclic) bond motifs is 1. The molecule has 2 saturated heterocycles. The monoisotopic (exact) mass is 421 g/mol. The van der Waals surface area contributed by atoms with Crippen molar-refractivity contribution in [2.45, 2.75) is 31.6 Å². The molecule has 2 aliphatic rings. The van der Waals surface area contributed by atoms with Gasteiger partial charge in [-0.3, -0.25) is 4.79 Å². The van der Waals surface area contributed by atoms with Gasteiger partial charge in [-0.1, -0.05) is 24.3 Å². The van der Waals surface area contributed by atoms with Crippen LogP contribution in [-0.4, -0.2) is 52.9 Å². The standard InChI is InChI=1S/C23H27N5O.CH4O/c1-27-15-25-20-14-19(26-22(21(20)23(27)29)28-12-2-3-13-28)18-6-4-16(5-7-18)17-8-10-24-11-9-17;1-2/h4-7,14-15,17,24H,2-3,8-13H2,1H3;2H,1H3. The van der Waals surface area contributed by atoms with Crippen LogP contribution in [0.3, 0.4) is 0 Å². The molecule has 2 N–H and O–H groups in total. The zero-order valence-corrected chi connectivity index (χ0v) is 18.3. The number of benzene rings is 1. The van der Waals surface area contributed by atoms with Gasteiger partial charge in [-0.25, -0.2) is 9.97 Å². The van der Waals surface area contributed by atoms with Crippen molar-refractivity contribution in [2.24, 2.45) is 7.05 Å². The molecule has 0 aliphatic carbocycles. The Balaban J connectivity index is 0.00000112. The van der Waals surface area contributed by atoms with Crippen molar-refractivity contribution in [1.82, 2.24) is 19.9 Å². The molecule has 0 bridgehead atoms. The molecular weight excluding hydrogens is 390 g/mol. The molecule has 7 nitrogen and oxygen atoms in total. The normalized spacial score (nSPS) is 16.9. The maximum Gasteiger partial charge on any atom is 0.264 e. The summed E-state index contributed by atoms with van der Waals surface area (Å²) in [6.07, 6.45) is 6.26. The van der Waals surface area contributed by atoms with Gasteiger partial charge in [-0.15, -0.1) is 0 Å². The van der Waals surface area contributed by atoms with Crippen molar-refractivity contribution in [3.05, 3.63) is 52.6 Å². The number of aryl methyl sites for hydroxylation is 1. The van der Waals surface area contributed by atoms with Crippen LogP contribution < -0.4 is 15.8 Å². The van der Waals surface area contributed by atoms with Gasteiger partial charge in [0.05, 0.1) is 17.5 Å². The SMILES string of the molecule is CO.Cn1cnc2cc(-c3ccc(C4CCNCC4)cc3)nc(N3CCCC3)c2c1=O. The van der Waals surface area contributed by atoms with E-state index in [-0.39, 0.29) is 5.56 Å². The summed E-state index contributed by atoms with van der Waals surface area (Å²) in [7, 11) is 2.75. The summed E-state index contributed by atoms with van der Waals surface area (Å²) < 4.78 is 1.54. The number of anilines is 1. The zero-order valence-electron chi connectivity index (χ0n) is 18.3. The number of hydrogen-bond acceptors (Lipinski definition) is 6. The second-order valence-corrected chi connectivity index (χ2v) is 8.23. The van der Waals surface area contributed by atoms with Crippen molar-refractivity contribution in [3.63, 3.8) is 0 Å². The maximum absolute atomic E-state index is 12.8. The molecule has 2 aromatic heterocycles. The zero-order chi connectivity index (χ0) is 21.8. The molecule has 0 saturated carbocycles. The van der Waals surface area contributed by atoms with Gasteiger partial charge < -0.3 is 19.9 Å². The second kappa shape index (κ2) is 9.58. The van der Waals surface area contributed by atoms with Crippen molar-refractivity contribution in [1.29, 1.82) is 0 Å². The highest BCUT2D eigenvalue weighted by Gasteiger charge is 2.21.